The highest BCUT2D eigenvalue weighted by Gasteiger charge is 2.52. The number of benzene rings is 8. The highest BCUT2D eigenvalue weighted by molar-refractivity contribution is 7.11. The number of ether oxygens (including phenoxy) is 4. The van der Waals surface area contributed by atoms with Crippen molar-refractivity contribution in [3.05, 3.63) is 203 Å². The molecule has 0 saturated heterocycles. The molecular weight excluding hydrogens is 1200 g/mol. The lowest BCUT2D eigenvalue weighted by Gasteiger charge is -2.46. The first-order valence-corrected chi connectivity index (χ1v) is 31.8. The molecule has 2 radical (unpaired) electrons. The summed E-state index contributed by atoms with van der Waals surface area (Å²) in [5.41, 5.74) is 16.6. The Morgan fingerprint density at radius 3 is 1.40 bits per heavy atom. The van der Waals surface area contributed by atoms with Gasteiger partial charge in [0.1, 0.15) is 78.3 Å². The maximum absolute atomic E-state index is 13.3. The lowest BCUT2D eigenvalue weighted by molar-refractivity contribution is 0.00654. The van der Waals surface area contributed by atoms with E-state index in [1.54, 1.807) is 30.3 Å². The summed E-state index contributed by atoms with van der Waals surface area (Å²) in [6.07, 6.45) is -3.62. The number of aromatic hydroxyl groups is 4. The molecule has 0 aliphatic carbocycles. The number of phenols is 4. The van der Waals surface area contributed by atoms with E-state index in [0.717, 1.165) is 67.8 Å². The van der Waals surface area contributed by atoms with E-state index < -0.39 is 47.9 Å². The standard InChI is InChI=1S/C71H75BO13P4/c1-29-12-14-40(22-31(29)3)64-37(9)24-44-33(5)20-34(6)53(68(44)78-64)56-38(10)65(41-15-13-30(2)32(4)23-41)79-69-54(56)35(7)21-36(8)55(69)57-39(11)66(42-16-18-45(73)46(74)25-42)80-70-58(57)47(75)27-48(76)59(70)61-60-51(84-88)28-52(85-89)62(72)71(60)81-67(63(61)77)43-17-19-49(82-86)50(26-43)83-87/h12-23,25-28,37-39,56-57,61,63-67,73-77H,24,86-89H2,1-11H3. The van der Waals surface area contributed by atoms with E-state index in [9.17, 15) is 25.5 Å². The van der Waals surface area contributed by atoms with Crippen molar-refractivity contribution in [2.24, 2.45) is 17.8 Å². The second kappa shape index (κ2) is 24.0. The first-order valence-electron chi connectivity index (χ1n) is 29.9. The highest BCUT2D eigenvalue weighted by Crippen LogP contribution is 2.65. The average Bonchev–Trinajstić information content (AvgIpc) is 0.720. The van der Waals surface area contributed by atoms with Crippen molar-refractivity contribution >= 4 is 51.2 Å². The van der Waals surface area contributed by atoms with E-state index >= 15 is 0 Å². The summed E-state index contributed by atoms with van der Waals surface area (Å²) >= 11 is 0. The fourth-order valence-corrected chi connectivity index (χ4v) is 15.7. The van der Waals surface area contributed by atoms with Crippen LogP contribution in [0.2, 0.25) is 0 Å². The number of hydrogen-bond donors (Lipinski definition) is 5. The number of hydrogen-bond acceptors (Lipinski definition) is 13. The van der Waals surface area contributed by atoms with Gasteiger partial charge in [-0.2, -0.15) is 0 Å². The van der Waals surface area contributed by atoms with Crippen LogP contribution in [-0.4, -0.2) is 39.5 Å². The first-order chi connectivity index (χ1) is 42.5. The summed E-state index contributed by atoms with van der Waals surface area (Å²) < 4.78 is 52.5. The molecule has 18 heteroatoms. The molecule has 5 N–H and O–H groups in total. The van der Waals surface area contributed by atoms with E-state index in [1.165, 1.54) is 40.5 Å². The minimum absolute atomic E-state index is 0.0442. The Morgan fingerprint density at radius 1 is 0.382 bits per heavy atom. The number of aryl methyl sites for hydroxylation is 8. The van der Waals surface area contributed by atoms with Crippen LogP contribution in [0.3, 0.4) is 0 Å². The van der Waals surface area contributed by atoms with Crippen LogP contribution in [-0.2, 0) is 6.42 Å². The normalized spacial score (nSPS) is 23.3. The van der Waals surface area contributed by atoms with E-state index in [1.807, 2.05) is 6.92 Å². The fraction of sp³-hybridized carbons (Fsp3) is 0.324. The molecule has 460 valence electrons. The van der Waals surface area contributed by atoms with Crippen LogP contribution in [0.4, 0.5) is 0 Å². The molecule has 0 amide bonds. The molecule has 8 aromatic rings. The SMILES string of the molecule is [B]c1c(OP)cc(OP)c2c1OC(c1ccc(OP)c(OP)c1)C(O)C2c1c(O)cc(O)c2c1OC(c1ccc(O)c(O)c1)C(C)C2c1c(C)cc(C)c2c1OC(c1ccc(C)c(C)c1)C(C)C2c1c(C)cc(C)c2c1OC(c1ccc(C)c(C)c1)C(C)C2. The molecule has 0 aromatic heterocycles. The first kappa shape index (κ1) is 62.3. The van der Waals surface area contributed by atoms with Crippen molar-refractivity contribution in [1.29, 1.82) is 0 Å². The van der Waals surface area contributed by atoms with Crippen LogP contribution in [0, 0.1) is 73.1 Å². The van der Waals surface area contributed by atoms with Gasteiger partial charge in [-0.1, -0.05) is 81.4 Å². The van der Waals surface area contributed by atoms with Crippen molar-refractivity contribution in [3.8, 4) is 69.0 Å². The second-order valence-corrected chi connectivity index (χ2v) is 26.0. The predicted octanol–water partition coefficient (Wildman–Crippen LogP) is 15.2. The van der Waals surface area contributed by atoms with Gasteiger partial charge in [-0.15, -0.1) is 0 Å². The lowest BCUT2D eigenvalue weighted by Crippen LogP contribution is -2.38. The van der Waals surface area contributed by atoms with Gasteiger partial charge in [-0.3, -0.25) is 0 Å². The van der Waals surface area contributed by atoms with Gasteiger partial charge in [0.05, 0.1) is 43.8 Å². The maximum Gasteiger partial charge on any atom is 0.165 e. The molecule has 15 unspecified atom stereocenters. The van der Waals surface area contributed by atoms with Gasteiger partial charge >= 0.3 is 0 Å². The Balaban J connectivity index is 1.15. The number of phenolic OH excluding ortho intramolecular Hbond substituents is 4. The van der Waals surface area contributed by atoms with Gasteiger partial charge < -0.3 is 62.6 Å². The molecule has 13 nitrogen and oxygen atoms in total. The number of aliphatic hydroxyl groups is 1. The molecule has 0 spiro atoms. The largest absolute Gasteiger partial charge is 0.507 e. The summed E-state index contributed by atoms with van der Waals surface area (Å²) in [5, 5.41) is 61.3. The molecule has 0 fully saturated rings. The van der Waals surface area contributed by atoms with Crippen molar-refractivity contribution in [2.45, 2.75) is 131 Å². The van der Waals surface area contributed by atoms with Gasteiger partial charge in [0.15, 0.2) is 29.1 Å². The minimum Gasteiger partial charge on any atom is -0.507 e. The average molecular weight is 1270 g/mol. The van der Waals surface area contributed by atoms with Crippen LogP contribution in [0.5, 0.6) is 69.0 Å². The van der Waals surface area contributed by atoms with E-state index in [2.05, 4.69) is 156 Å². The molecule has 0 saturated carbocycles. The highest BCUT2D eigenvalue weighted by atomic mass is 31.0. The van der Waals surface area contributed by atoms with Gasteiger partial charge in [-0.05, 0) is 164 Å². The summed E-state index contributed by atoms with van der Waals surface area (Å²) in [5.74, 6) is -1.67. The Morgan fingerprint density at radius 2 is 0.843 bits per heavy atom. The lowest BCUT2D eigenvalue weighted by atomic mass is 9.67. The third kappa shape index (κ3) is 10.4. The fourth-order valence-electron chi connectivity index (χ4n) is 14.9. The monoisotopic (exact) mass is 1270 g/mol. The van der Waals surface area contributed by atoms with Crippen molar-refractivity contribution < 1.29 is 62.6 Å². The van der Waals surface area contributed by atoms with Gasteiger partial charge in [0, 0.05) is 75.1 Å². The van der Waals surface area contributed by atoms with Crippen molar-refractivity contribution in [3.63, 3.8) is 0 Å². The summed E-state index contributed by atoms with van der Waals surface area (Å²) in [6, 6.07) is 30.2. The maximum atomic E-state index is 13.3. The smallest absolute Gasteiger partial charge is 0.165 e. The second-order valence-electron chi connectivity index (χ2n) is 25.1. The summed E-state index contributed by atoms with van der Waals surface area (Å²) in [6.45, 7) is 23.7. The molecule has 8 aromatic carbocycles. The predicted molar refractivity (Wildman–Crippen MR) is 359 cm³/mol. The van der Waals surface area contributed by atoms with Crippen LogP contribution in [0.25, 0.3) is 0 Å². The number of fused-ring (bicyclic) bond motifs is 4. The van der Waals surface area contributed by atoms with Gasteiger partial charge in [0.2, 0.25) is 0 Å². The zero-order chi connectivity index (χ0) is 63.5. The van der Waals surface area contributed by atoms with Crippen LogP contribution < -0.4 is 42.5 Å². The van der Waals surface area contributed by atoms with E-state index in [0.29, 0.717) is 33.9 Å². The topological polar surface area (TPSA) is 175 Å². The third-order valence-corrected chi connectivity index (χ3v) is 20.6. The van der Waals surface area contributed by atoms with E-state index in [4.69, 9.17) is 44.9 Å². The molecule has 4 heterocycles. The summed E-state index contributed by atoms with van der Waals surface area (Å²) in [7, 11) is 15.8. The Hall–Kier alpha value is -6.90. The van der Waals surface area contributed by atoms with Crippen LogP contribution in [0.1, 0.15) is 169 Å². The quantitative estimate of drug-likeness (QED) is 0.0470. The number of aliphatic hydroxyl groups excluding tert-OH is 1. The molecular formula is C71H75BO13P4. The molecule has 4 aliphatic heterocycles. The molecule has 4 aliphatic rings. The van der Waals surface area contributed by atoms with Gasteiger partial charge in [0.25, 0.3) is 0 Å². The van der Waals surface area contributed by atoms with Crippen molar-refractivity contribution in [2.75, 3.05) is 0 Å². The minimum atomic E-state index is -1.55. The molecule has 12 rings (SSSR count). The summed E-state index contributed by atoms with van der Waals surface area (Å²) in [4.78, 5) is 0. The van der Waals surface area contributed by atoms with Crippen LogP contribution >= 0.6 is 37.9 Å². The third-order valence-electron chi connectivity index (χ3n) is 19.6. The molecule has 89 heavy (non-hydrogen) atoms. The van der Waals surface area contributed by atoms with E-state index in [-0.39, 0.29) is 80.7 Å². The Bertz CT molecular complexity index is 4170. The zero-order valence-electron chi connectivity index (χ0n) is 51.7. The van der Waals surface area contributed by atoms with Crippen LogP contribution in [0.15, 0.2) is 97.1 Å². The molecule has 15 atom stereocenters. The Kier molecular flexibility index (Phi) is 16.8. The zero-order valence-corrected chi connectivity index (χ0v) is 56.3. The number of rotatable bonds is 11. The van der Waals surface area contributed by atoms with Crippen molar-refractivity contribution in [1.82, 2.24) is 0 Å². The Labute approximate surface area is 531 Å². The van der Waals surface area contributed by atoms with Gasteiger partial charge in [-0.25, -0.2) is 0 Å². The molecule has 0 bridgehead atoms.